The monoisotopic (exact) mass is 260 g/mol. The number of hydrogen-bond acceptors (Lipinski definition) is 4. The third kappa shape index (κ3) is 2.10. The molecule has 2 aliphatic heterocycles. The van der Waals surface area contributed by atoms with Crippen molar-refractivity contribution in [2.75, 3.05) is 0 Å². The van der Waals surface area contributed by atoms with E-state index in [0.717, 1.165) is 12.8 Å². The van der Waals surface area contributed by atoms with Gasteiger partial charge in [-0.25, -0.2) is 5.06 Å². The van der Waals surface area contributed by atoms with E-state index in [-0.39, 0.29) is 23.7 Å². The molecule has 2 atom stereocenters. The van der Waals surface area contributed by atoms with Gasteiger partial charge in [0.05, 0.1) is 11.0 Å². The smallest absolute Gasteiger partial charge is 0.267 e. The average molecular weight is 260 g/mol. The van der Waals surface area contributed by atoms with E-state index < -0.39 is 4.92 Å². The number of hydrogen-bond donors (Lipinski definition) is 0. The molecule has 6 heteroatoms. The Hall–Kier alpha value is -2.21. The molecule has 6 nitrogen and oxygen atoms in total. The Kier molecular flexibility index (Phi) is 2.79. The standard InChI is InChI=1S/C13H12N2O4/c16-13(9-1-3-11(4-2-9)15(17)18)14-10-5-7-12(19-14)8-6-10/h1-5,7,10,12H,6,8H2. The SMILES string of the molecule is O=C(c1ccc([N+](=O)[O-])cc1)N1OC2C=CC1CC2. The minimum absolute atomic E-state index is 0.0301. The Morgan fingerprint density at radius 2 is 2.00 bits per heavy atom. The number of non-ortho nitro benzene ring substituents is 1. The van der Waals surface area contributed by atoms with Crippen LogP contribution in [0.1, 0.15) is 23.2 Å². The van der Waals surface area contributed by atoms with E-state index in [1.54, 1.807) is 0 Å². The van der Waals surface area contributed by atoms with E-state index in [0.29, 0.717) is 5.56 Å². The van der Waals surface area contributed by atoms with Crippen molar-refractivity contribution in [1.82, 2.24) is 5.06 Å². The van der Waals surface area contributed by atoms with E-state index in [1.165, 1.54) is 29.3 Å². The molecule has 0 N–H and O–H groups in total. The number of benzene rings is 1. The van der Waals surface area contributed by atoms with Gasteiger partial charge in [-0.15, -0.1) is 0 Å². The predicted octanol–water partition coefficient (Wildman–Crippen LogP) is 2.07. The van der Waals surface area contributed by atoms with Gasteiger partial charge >= 0.3 is 0 Å². The van der Waals surface area contributed by atoms with Crippen molar-refractivity contribution in [2.45, 2.75) is 25.0 Å². The number of nitrogens with zero attached hydrogens (tertiary/aromatic N) is 2. The van der Waals surface area contributed by atoms with Gasteiger partial charge < -0.3 is 0 Å². The van der Waals surface area contributed by atoms with Crippen LogP contribution in [-0.2, 0) is 4.84 Å². The molecular formula is C13H12N2O4. The van der Waals surface area contributed by atoms with Gasteiger partial charge in [0.2, 0.25) is 0 Å². The second-order valence-corrected chi connectivity index (χ2v) is 4.61. The average Bonchev–Trinajstić information content (AvgIpc) is 2.47. The molecule has 0 aromatic heterocycles. The summed E-state index contributed by atoms with van der Waals surface area (Å²) in [6.45, 7) is 0. The van der Waals surface area contributed by atoms with Gasteiger partial charge in [-0.1, -0.05) is 12.2 Å². The molecule has 1 fully saturated rings. The second-order valence-electron chi connectivity index (χ2n) is 4.61. The first-order valence-corrected chi connectivity index (χ1v) is 6.08. The van der Waals surface area contributed by atoms with Crippen molar-refractivity contribution in [2.24, 2.45) is 0 Å². The molecule has 19 heavy (non-hydrogen) atoms. The van der Waals surface area contributed by atoms with Crippen molar-refractivity contribution in [3.8, 4) is 0 Å². The van der Waals surface area contributed by atoms with Crippen LogP contribution in [-0.4, -0.2) is 28.0 Å². The summed E-state index contributed by atoms with van der Waals surface area (Å²) in [5.41, 5.74) is 0.365. The fourth-order valence-electron chi connectivity index (χ4n) is 2.34. The number of amides is 1. The normalized spacial score (nSPS) is 24.5. The molecule has 1 aromatic carbocycles. The molecule has 2 bridgehead atoms. The number of hydroxylamine groups is 2. The Labute approximate surface area is 109 Å². The summed E-state index contributed by atoms with van der Waals surface area (Å²) < 4.78 is 0. The lowest BCUT2D eigenvalue weighted by Gasteiger charge is -2.40. The molecular weight excluding hydrogens is 248 g/mol. The van der Waals surface area contributed by atoms with Crippen molar-refractivity contribution in [3.63, 3.8) is 0 Å². The molecule has 0 radical (unpaired) electrons. The van der Waals surface area contributed by atoms with Gasteiger partial charge in [-0.05, 0) is 25.0 Å². The summed E-state index contributed by atoms with van der Waals surface area (Å²) in [6.07, 6.45) is 5.71. The third-order valence-corrected chi connectivity index (χ3v) is 3.37. The molecule has 4 rings (SSSR count). The van der Waals surface area contributed by atoms with Gasteiger partial charge in [0.25, 0.3) is 11.6 Å². The Morgan fingerprint density at radius 1 is 1.26 bits per heavy atom. The van der Waals surface area contributed by atoms with E-state index in [9.17, 15) is 14.9 Å². The highest BCUT2D eigenvalue weighted by molar-refractivity contribution is 5.94. The van der Waals surface area contributed by atoms with Crippen molar-refractivity contribution >= 4 is 11.6 Å². The zero-order valence-electron chi connectivity index (χ0n) is 10.1. The first kappa shape index (κ1) is 11.9. The maximum absolute atomic E-state index is 12.3. The number of nitro groups is 1. The Balaban J connectivity index is 1.81. The first-order chi connectivity index (χ1) is 9.15. The topological polar surface area (TPSA) is 72.7 Å². The minimum atomic E-state index is -0.490. The Morgan fingerprint density at radius 3 is 2.47 bits per heavy atom. The van der Waals surface area contributed by atoms with Crippen LogP contribution in [0.5, 0.6) is 0 Å². The third-order valence-electron chi connectivity index (χ3n) is 3.37. The number of carbonyl (C=O) groups is 1. The van der Waals surface area contributed by atoms with Crippen molar-refractivity contribution < 1.29 is 14.6 Å². The quantitative estimate of drug-likeness (QED) is 0.463. The minimum Gasteiger partial charge on any atom is -0.267 e. The fraction of sp³-hybridized carbons (Fsp3) is 0.308. The number of carbonyl (C=O) groups excluding carboxylic acids is 1. The zero-order chi connectivity index (χ0) is 13.4. The first-order valence-electron chi connectivity index (χ1n) is 6.08. The molecule has 98 valence electrons. The number of fused-ring (bicyclic) bond motifs is 2. The summed E-state index contributed by atoms with van der Waals surface area (Å²) in [4.78, 5) is 27.9. The van der Waals surface area contributed by atoms with E-state index in [1.807, 2.05) is 12.2 Å². The van der Waals surface area contributed by atoms with Gasteiger partial charge in [0.15, 0.2) is 0 Å². The molecule has 2 unspecified atom stereocenters. The summed E-state index contributed by atoms with van der Waals surface area (Å²) in [6, 6.07) is 5.52. The molecule has 1 aliphatic carbocycles. The maximum atomic E-state index is 12.3. The van der Waals surface area contributed by atoms with Gasteiger partial charge in [0, 0.05) is 17.7 Å². The van der Waals surface area contributed by atoms with Crippen LogP contribution in [0.3, 0.4) is 0 Å². The maximum Gasteiger partial charge on any atom is 0.278 e. The highest BCUT2D eigenvalue weighted by atomic mass is 16.7. The van der Waals surface area contributed by atoms with Crippen LogP contribution < -0.4 is 0 Å². The molecule has 2 heterocycles. The van der Waals surface area contributed by atoms with Crippen LogP contribution in [0.4, 0.5) is 5.69 Å². The summed E-state index contributed by atoms with van der Waals surface area (Å²) in [5.74, 6) is -0.256. The highest BCUT2D eigenvalue weighted by Crippen LogP contribution is 2.29. The van der Waals surface area contributed by atoms with Gasteiger partial charge in [-0.3, -0.25) is 19.7 Å². The van der Waals surface area contributed by atoms with Crippen LogP contribution in [0.2, 0.25) is 0 Å². The summed E-state index contributed by atoms with van der Waals surface area (Å²) in [7, 11) is 0. The van der Waals surface area contributed by atoms with Crippen LogP contribution >= 0.6 is 0 Å². The largest absolute Gasteiger partial charge is 0.278 e. The summed E-state index contributed by atoms with van der Waals surface area (Å²) >= 11 is 0. The van der Waals surface area contributed by atoms with E-state index in [2.05, 4.69) is 0 Å². The number of nitro benzene ring substituents is 1. The highest BCUT2D eigenvalue weighted by Gasteiger charge is 2.34. The molecule has 1 aromatic rings. The van der Waals surface area contributed by atoms with Gasteiger partial charge in [0.1, 0.15) is 6.10 Å². The summed E-state index contributed by atoms with van der Waals surface area (Å²) in [5, 5.41) is 11.9. The van der Waals surface area contributed by atoms with Crippen molar-refractivity contribution in [3.05, 3.63) is 52.1 Å². The molecule has 0 saturated carbocycles. The lowest BCUT2D eigenvalue weighted by molar-refractivity contribution is -0.384. The van der Waals surface area contributed by atoms with Crippen molar-refractivity contribution in [1.29, 1.82) is 0 Å². The second kappa shape index (κ2) is 4.47. The molecule has 0 spiro atoms. The zero-order valence-corrected chi connectivity index (χ0v) is 10.1. The number of rotatable bonds is 2. The molecule has 3 aliphatic rings. The van der Waals surface area contributed by atoms with Crippen LogP contribution in [0.25, 0.3) is 0 Å². The Bertz CT molecular complexity index is 552. The van der Waals surface area contributed by atoms with E-state index >= 15 is 0 Å². The molecule has 1 amide bonds. The lowest BCUT2D eigenvalue weighted by Crippen LogP contribution is -2.48. The molecule has 1 saturated heterocycles. The van der Waals surface area contributed by atoms with Crippen LogP contribution in [0, 0.1) is 10.1 Å². The lowest BCUT2D eigenvalue weighted by atomic mass is 9.98. The fourth-order valence-corrected chi connectivity index (χ4v) is 2.34. The van der Waals surface area contributed by atoms with Gasteiger partial charge in [-0.2, -0.15) is 0 Å². The predicted molar refractivity (Wildman–Crippen MR) is 66.3 cm³/mol. The van der Waals surface area contributed by atoms with E-state index in [4.69, 9.17) is 4.84 Å². The van der Waals surface area contributed by atoms with Crippen LogP contribution in [0.15, 0.2) is 36.4 Å².